The van der Waals surface area contributed by atoms with E-state index in [0.29, 0.717) is 11.7 Å². The normalized spacial score (nSPS) is 10.8. The molecule has 0 saturated heterocycles. The molecule has 0 bridgehead atoms. The van der Waals surface area contributed by atoms with Crippen LogP contribution in [0.5, 0.6) is 0 Å². The van der Waals surface area contributed by atoms with Gasteiger partial charge in [-0.3, -0.25) is 14.9 Å². The Balaban J connectivity index is 2.19. The standard InChI is InChI=1S/C13H16N4O2S/c1-8(2)6-17-11(18)5-4-10(16-17)12(19)15-13-14-9(3)7-20-13/h4-5,7-8H,6H2,1-3H3,(H,14,15,19). The van der Waals surface area contributed by atoms with E-state index in [2.05, 4.69) is 15.4 Å². The van der Waals surface area contributed by atoms with Crippen LogP contribution in [0.15, 0.2) is 22.3 Å². The van der Waals surface area contributed by atoms with E-state index in [9.17, 15) is 9.59 Å². The molecule has 106 valence electrons. The Hall–Kier alpha value is -2.02. The third kappa shape index (κ3) is 3.51. The maximum Gasteiger partial charge on any atom is 0.277 e. The Morgan fingerprint density at radius 2 is 2.20 bits per heavy atom. The second-order valence-corrected chi connectivity index (χ2v) is 5.74. The van der Waals surface area contributed by atoms with Gasteiger partial charge in [0.2, 0.25) is 0 Å². The van der Waals surface area contributed by atoms with Gasteiger partial charge in [0.1, 0.15) is 5.69 Å². The predicted molar refractivity (Wildman–Crippen MR) is 78.1 cm³/mol. The lowest BCUT2D eigenvalue weighted by atomic mass is 10.2. The molecule has 0 aliphatic rings. The molecule has 0 aliphatic carbocycles. The second-order valence-electron chi connectivity index (χ2n) is 4.88. The van der Waals surface area contributed by atoms with Crippen LogP contribution in [0.25, 0.3) is 0 Å². The van der Waals surface area contributed by atoms with Gasteiger partial charge in [0.15, 0.2) is 5.13 Å². The number of carbonyl (C=O) groups is 1. The van der Waals surface area contributed by atoms with Gasteiger partial charge in [-0.05, 0) is 18.9 Å². The van der Waals surface area contributed by atoms with Crippen molar-refractivity contribution < 1.29 is 4.79 Å². The monoisotopic (exact) mass is 292 g/mol. The lowest BCUT2D eigenvalue weighted by Gasteiger charge is -2.08. The summed E-state index contributed by atoms with van der Waals surface area (Å²) in [4.78, 5) is 27.9. The van der Waals surface area contributed by atoms with Crippen LogP contribution in [0.4, 0.5) is 5.13 Å². The molecule has 0 spiro atoms. The summed E-state index contributed by atoms with van der Waals surface area (Å²) >= 11 is 1.35. The third-order valence-corrected chi connectivity index (χ3v) is 3.35. The highest BCUT2D eigenvalue weighted by molar-refractivity contribution is 7.13. The number of aryl methyl sites for hydroxylation is 1. The van der Waals surface area contributed by atoms with Crippen molar-refractivity contribution in [2.24, 2.45) is 5.92 Å². The van der Waals surface area contributed by atoms with E-state index in [1.807, 2.05) is 26.2 Å². The van der Waals surface area contributed by atoms with Crippen molar-refractivity contribution in [3.05, 3.63) is 39.3 Å². The maximum absolute atomic E-state index is 12.1. The molecule has 0 fully saturated rings. The molecule has 2 aromatic rings. The first-order valence-electron chi connectivity index (χ1n) is 6.27. The summed E-state index contributed by atoms with van der Waals surface area (Å²) in [7, 11) is 0. The van der Waals surface area contributed by atoms with Crippen molar-refractivity contribution in [1.29, 1.82) is 0 Å². The number of rotatable bonds is 4. The van der Waals surface area contributed by atoms with Crippen molar-refractivity contribution in [3.63, 3.8) is 0 Å². The number of thiazole rings is 1. The first-order chi connectivity index (χ1) is 9.45. The molecule has 0 aromatic carbocycles. The maximum atomic E-state index is 12.1. The number of aromatic nitrogens is 3. The van der Waals surface area contributed by atoms with E-state index in [1.165, 1.54) is 28.2 Å². The smallest absolute Gasteiger partial charge is 0.277 e. The molecule has 20 heavy (non-hydrogen) atoms. The van der Waals surface area contributed by atoms with E-state index in [1.54, 1.807) is 0 Å². The molecular weight excluding hydrogens is 276 g/mol. The van der Waals surface area contributed by atoms with Crippen LogP contribution in [-0.2, 0) is 6.54 Å². The molecular formula is C13H16N4O2S. The highest BCUT2D eigenvalue weighted by atomic mass is 32.1. The number of hydrogen-bond acceptors (Lipinski definition) is 5. The van der Waals surface area contributed by atoms with E-state index in [4.69, 9.17) is 0 Å². The van der Waals surface area contributed by atoms with E-state index >= 15 is 0 Å². The lowest BCUT2D eigenvalue weighted by molar-refractivity contribution is 0.101. The molecule has 0 radical (unpaired) electrons. The lowest BCUT2D eigenvalue weighted by Crippen LogP contribution is -2.27. The zero-order chi connectivity index (χ0) is 14.7. The summed E-state index contributed by atoms with van der Waals surface area (Å²) in [6, 6.07) is 2.78. The summed E-state index contributed by atoms with van der Waals surface area (Å²) in [5.74, 6) is -0.0861. The van der Waals surface area contributed by atoms with Gasteiger partial charge in [-0.2, -0.15) is 5.10 Å². The third-order valence-electron chi connectivity index (χ3n) is 2.48. The second kappa shape index (κ2) is 5.96. The molecule has 0 atom stereocenters. The Kier molecular flexibility index (Phi) is 4.29. The molecule has 2 heterocycles. The van der Waals surface area contributed by atoms with Gasteiger partial charge in [0, 0.05) is 18.0 Å². The van der Waals surface area contributed by atoms with Crippen LogP contribution in [0, 0.1) is 12.8 Å². The van der Waals surface area contributed by atoms with E-state index in [0.717, 1.165) is 5.69 Å². The molecule has 0 aliphatic heterocycles. The molecule has 6 nitrogen and oxygen atoms in total. The first-order valence-corrected chi connectivity index (χ1v) is 7.15. The van der Waals surface area contributed by atoms with Crippen LogP contribution < -0.4 is 10.9 Å². The van der Waals surface area contributed by atoms with Gasteiger partial charge in [0.25, 0.3) is 11.5 Å². The first kappa shape index (κ1) is 14.4. The Bertz CT molecular complexity index is 675. The fraction of sp³-hybridized carbons (Fsp3) is 0.385. The molecule has 0 saturated carbocycles. The zero-order valence-electron chi connectivity index (χ0n) is 11.6. The summed E-state index contributed by atoms with van der Waals surface area (Å²) in [5.41, 5.74) is 0.849. The van der Waals surface area contributed by atoms with Crippen molar-refractivity contribution >= 4 is 22.4 Å². The van der Waals surface area contributed by atoms with Crippen LogP contribution in [0.1, 0.15) is 30.0 Å². The summed E-state index contributed by atoms with van der Waals surface area (Å²) in [5, 5.41) is 9.13. The van der Waals surface area contributed by atoms with Crippen LogP contribution >= 0.6 is 11.3 Å². The highest BCUT2D eigenvalue weighted by Crippen LogP contribution is 2.14. The molecule has 1 N–H and O–H groups in total. The van der Waals surface area contributed by atoms with Crippen LogP contribution in [0.3, 0.4) is 0 Å². The zero-order valence-corrected chi connectivity index (χ0v) is 12.4. The minimum atomic E-state index is -0.364. The van der Waals surface area contributed by atoms with Crippen molar-refractivity contribution in [2.75, 3.05) is 5.32 Å². The number of nitrogens with zero attached hydrogens (tertiary/aromatic N) is 3. The number of carbonyl (C=O) groups excluding carboxylic acids is 1. The van der Waals surface area contributed by atoms with Gasteiger partial charge in [-0.1, -0.05) is 13.8 Å². The summed E-state index contributed by atoms with van der Waals surface area (Å²) in [6.45, 7) is 6.31. The van der Waals surface area contributed by atoms with E-state index < -0.39 is 0 Å². The number of hydrogen-bond donors (Lipinski definition) is 1. The summed E-state index contributed by atoms with van der Waals surface area (Å²) < 4.78 is 1.31. The SMILES string of the molecule is Cc1csc(NC(=O)c2ccc(=O)n(CC(C)C)n2)n1. The average molecular weight is 292 g/mol. The van der Waals surface area contributed by atoms with Crippen LogP contribution in [-0.4, -0.2) is 20.7 Å². The number of anilines is 1. The Labute approximate surface area is 120 Å². The minimum absolute atomic E-state index is 0.207. The fourth-order valence-electron chi connectivity index (χ4n) is 1.62. The quantitative estimate of drug-likeness (QED) is 0.934. The largest absolute Gasteiger partial charge is 0.296 e. The minimum Gasteiger partial charge on any atom is -0.296 e. The van der Waals surface area contributed by atoms with Gasteiger partial charge < -0.3 is 0 Å². The Morgan fingerprint density at radius 1 is 1.45 bits per heavy atom. The predicted octanol–water partition coefficient (Wildman–Crippen LogP) is 1.92. The molecule has 2 rings (SSSR count). The number of amides is 1. The van der Waals surface area contributed by atoms with E-state index in [-0.39, 0.29) is 23.1 Å². The highest BCUT2D eigenvalue weighted by Gasteiger charge is 2.12. The van der Waals surface area contributed by atoms with Gasteiger partial charge in [-0.15, -0.1) is 11.3 Å². The molecule has 1 amide bonds. The van der Waals surface area contributed by atoms with Gasteiger partial charge in [-0.25, -0.2) is 9.67 Å². The van der Waals surface area contributed by atoms with Crippen molar-refractivity contribution in [2.45, 2.75) is 27.3 Å². The van der Waals surface area contributed by atoms with Gasteiger partial charge >= 0.3 is 0 Å². The molecule has 7 heteroatoms. The molecule has 2 aromatic heterocycles. The van der Waals surface area contributed by atoms with Crippen molar-refractivity contribution in [3.8, 4) is 0 Å². The Morgan fingerprint density at radius 3 is 2.80 bits per heavy atom. The number of nitrogens with one attached hydrogen (secondary N) is 1. The fourth-order valence-corrected chi connectivity index (χ4v) is 2.30. The average Bonchev–Trinajstić information content (AvgIpc) is 2.77. The van der Waals surface area contributed by atoms with Crippen LogP contribution in [0.2, 0.25) is 0 Å². The molecule has 0 unspecified atom stereocenters. The van der Waals surface area contributed by atoms with Gasteiger partial charge in [0.05, 0.1) is 5.69 Å². The van der Waals surface area contributed by atoms with Crippen molar-refractivity contribution in [1.82, 2.24) is 14.8 Å². The summed E-state index contributed by atoms with van der Waals surface area (Å²) in [6.07, 6.45) is 0. The topological polar surface area (TPSA) is 76.9 Å².